The van der Waals surface area contributed by atoms with Crippen LogP contribution in [0.3, 0.4) is 0 Å². The normalized spacial score (nSPS) is 25.8. The van der Waals surface area contributed by atoms with Crippen LogP contribution in [0.1, 0.15) is 12.8 Å². The second-order valence-electron chi connectivity index (χ2n) is 2.41. The van der Waals surface area contributed by atoms with Gasteiger partial charge in [0.2, 0.25) is 0 Å². The molecule has 0 saturated heterocycles. The first-order valence-corrected chi connectivity index (χ1v) is 3.30. The van der Waals surface area contributed by atoms with Gasteiger partial charge in [-0.2, -0.15) is 0 Å². The van der Waals surface area contributed by atoms with E-state index in [4.69, 9.17) is 5.11 Å². The number of aliphatic hydroxyl groups is 1. The summed E-state index contributed by atoms with van der Waals surface area (Å²) in [6, 6.07) is 0. The average Bonchev–Trinajstić information content (AvgIpc) is 1.95. The van der Waals surface area contributed by atoms with Gasteiger partial charge in [-0.25, -0.2) is 0 Å². The molecule has 1 unspecified atom stereocenters. The van der Waals surface area contributed by atoms with Crippen LogP contribution in [0.4, 0.5) is 0 Å². The topological polar surface area (TPSA) is 37.3 Å². The van der Waals surface area contributed by atoms with Crippen LogP contribution in [0.25, 0.3) is 0 Å². The molecule has 2 heteroatoms. The third-order valence-electron chi connectivity index (χ3n) is 1.67. The maximum Gasteiger partial charge on any atom is 0.196 e. The molecule has 0 aromatic carbocycles. The maximum atomic E-state index is 10.7. The van der Waals surface area contributed by atoms with E-state index in [0.717, 1.165) is 6.42 Å². The zero-order valence-electron chi connectivity index (χ0n) is 5.71. The van der Waals surface area contributed by atoms with E-state index < -0.39 is 0 Å². The van der Waals surface area contributed by atoms with Gasteiger partial charge in [0.05, 0.1) is 0 Å². The Hall–Kier alpha value is -1.05. The van der Waals surface area contributed by atoms with Gasteiger partial charge in [0.25, 0.3) is 0 Å². The van der Waals surface area contributed by atoms with Crippen molar-refractivity contribution in [1.29, 1.82) is 0 Å². The van der Waals surface area contributed by atoms with E-state index in [1.165, 1.54) is 0 Å². The SMILES string of the molecule is C=CC1C=C(O)C(=O)CC1. The molecular weight excluding hydrogens is 128 g/mol. The van der Waals surface area contributed by atoms with Gasteiger partial charge in [0.15, 0.2) is 11.5 Å². The molecule has 0 spiro atoms. The van der Waals surface area contributed by atoms with Crippen molar-refractivity contribution in [2.45, 2.75) is 12.8 Å². The Morgan fingerprint density at radius 2 is 2.50 bits per heavy atom. The minimum Gasteiger partial charge on any atom is -0.505 e. The summed E-state index contributed by atoms with van der Waals surface area (Å²) in [5.74, 6) is -0.0769. The molecule has 0 saturated carbocycles. The van der Waals surface area contributed by atoms with Gasteiger partial charge in [-0.15, -0.1) is 6.58 Å². The Labute approximate surface area is 59.9 Å². The Morgan fingerprint density at radius 3 is 3.00 bits per heavy atom. The van der Waals surface area contributed by atoms with Crippen LogP contribution >= 0.6 is 0 Å². The molecule has 0 aliphatic heterocycles. The first-order valence-electron chi connectivity index (χ1n) is 3.30. The number of ketones is 1. The van der Waals surface area contributed by atoms with E-state index in [0.29, 0.717) is 6.42 Å². The summed E-state index contributed by atoms with van der Waals surface area (Å²) in [6.07, 6.45) is 4.52. The van der Waals surface area contributed by atoms with E-state index in [-0.39, 0.29) is 17.5 Å². The number of Topliss-reactive ketones (excluding diaryl/α,β-unsaturated/α-hetero) is 1. The van der Waals surface area contributed by atoms with Crippen molar-refractivity contribution in [3.8, 4) is 0 Å². The predicted molar refractivity (Wildman–Crippen MR) is 38.6 cm³/mol. The molecule has 0 bridgehead atoms. The third-order valence-corrected chi connectivity index (χ3v) is 1.67. The lowest BCUT2D eigenvalue weighted by Crippen LogP contribution is -2.11. The summed E-state index contributed by atoms with van der Waals surface area (Å²) in [7, 11) is 0. The first kappa shape index (κ1) is 7.06. The third kappa shape index (κ3) is 1.26. The average molecular weight is 138 g/mol. The largest absolute Gasteiger partial charge is 0.505 e. The Balaban J connectivity index is 2.74. The number of aliphatic hydroxyl groups excluding tert-OH is 1. The standard InChI is InChI=1S/C8H10O2/c1-2-6-3-4-7(9)8(10)5-6/h2,5-6,10H,1,3-4H2. The monoisotopic (exact) mass is 138 g/mol. The van der Waals surface area contributed by atoms with Gasteiger partial charge >= 0.3 is 0 Å². The molecule has 0 aromatic heterocycles. The second kappa shape index (κ2) is 2.69. The summed E-state index contributed by atoms with van der Waals surface area (Å²) in [6.45, 7) is 3.58. The van der Waals surface area contributed by atoms with Gasteiger partial charge in [-0.3, -0.25) is 4.79 Å². The van der Waals surface area contributed by atoms with Crippen LogP contribution in [0.2, 0.25) is 0 Å². The van der Waals surface area contributed by atoms with E-state index >= 15 is 0 Å². The zero-order chi connectivity index (χ0) is 7.56. The molecule has 2 nitrogen and oxygen atoms in total. The van der Waals surface area contributed by atoms with Gasteiger partial charge in [0, 0.05) is 6.42 Å². The highest BCUT2D eigenvalue weighted by atomic mass is 16.3. The van der Waals surface area contributed by atoms with Crippen molar-refractivity contribution >= 4 is 5.78 Å². The molecule has 0 radical (unpaired) electrons. The number of allylic oxidation sites excluding steroid dienone is 3. The molecule has 1 rings (SSSR count). The molecular formula is C8H10O2. The zero-order valence-corrected chi connectivity index (χ0v) is 5.71. The molecule has 10 heavy (non-hydrogen) atoms. The first-order chi connectivity index (χ1) is 4.74. The summed E-state index contributed by atoms with van der Waals surface area (Å²) < 4.78 is 0. The second-order valence-corrected chi connectivity index (χ2v) is 2.41. The van der Waals surface area contributed by atoms with Crippen molar-refractivity contribution in [2.24, 2.45) is 5.92 Å². The van der Waals surface area contributed by atoms with E-state index in [9.17, 15) is 4.79 Å². The van der Waals surface area contributed by atoms with Crippen LogP contribution in [-0.4, -0.2) is 10.9 Å². The fourth-order valence-electron chi connectivity index (χ4n) is 0.991. The number of rotatable bonds is 1. The lowest BCUT2D eigenvalue weighted by molar-refractivity contribution is -0.118. The van der Waals surface area contributed by atoms with Crippen molar-refractivity contribution < 1.29 is 9.90 Å². The highest BCUT2D eigenvalue weighted by Crippen LogP contribution is 2.18. The molecule has 0 amide bonds. The maximum absolute atomic E-state index is 10.7. The number of carbonyl (C=O) groups excluding carboxylic acids is 1. The molecule has 1 aliphatic carbocycles. The Bertz CT molecular complexity index is 191. The Kier molecular flexibility index (Phi) is 1.90. The lowest BCUT2D eigenvalue weighted by atomic mass is 9.94. The lowest BCUT2D eigenvalue weighted by Gasteiger charge is -2.12. The van der Waals surface area contributed by atoms with Crippen molar-refractivity contribution in [1.82, 2.24) is 0 Å². The van der Waals surface area contributed by atoms with Crippen LogP contribution in [0, 0.1) is 5.92 Å². The fourth-order valence-corrected chi connectivity index (χ4v) is 0.991. The van der Waals surface area contributed by atoms with Crippen molar-refractivity contribution in [2.75, 3.05) is 0 Å². The van der Waals surface area contributed by atoms with Gasteiger partial charge in [0.1, 0.15) is 0 Å². The molecule has 0 fully saturated rings. The molecule has 1 N–H and O–H groups in total. The molecule has 0 aromatic rings. The highest BCUT2D eigenvalue weighted by molar-refractivity contribution is 5.93. The van der Waals surface area contributed by atoms with Gasteiger partial charge < -0.3 is 5.11 Å². The van der Waals surface area contributed by atoms with Crippen LogP contribution in [-0.2, 0) is 4.79 Å². The smallest absolute Gasteiger partial charge is 0.196 e. The quantitative estimate of drug-likeness (QED) is 0.559. The van der Waals surface area contributed by atoms with Crippen LogP contribution in [0.5, 0.6) is 0 Å². The van der Waals surface area contributed by atoms with Crippen molar-refractivity contribution in [3.05, 3.63) is 24.5 Å². The van der Waals surface area contributed by atoms with Gasteiger partial charge in [-0.05, 0) is 18.4 Å². The van der Waals surface area contributed by atoms with Crippen LogP contribution < -0.4 is 0 Å². The molecule has 1 aliphatic rings. The van der Waals surface area contributed by atoms with E-state index in [1.54, 1.807) is 12.2 Å². The summed E-state index contributed by atoms with van der Waals surface area (Å²) in [4.78, 5) is 10.7. The van der Waals surface area contributed by atoms with Crippen LogP contribution in [0.15, 0.2) is 24.5 Å². The number of hydrogen-bond donors (Lipinski definition) is 1. The number of carbonyl (C=O) groups is 1. The summed E-state index contributed by atoms with van der Waals surface area (Å²) >= 11 is 0. The summed E-state index contributed by atoms with van der Waals surface area (Å²) in [5.41, 5.74) is 0. The fraction of sp³-hybridized carbons (Fsp3) is 0.375. The number of hydrogen-bond acceptors (Lipinski definition) is 2. The van der Waals surface area contributed by atoms with E-state index in [1.807, 2.05) is 0 Å². The molecule has 54 valence electrons. The highest BCUT2D eigenvalue weighted by Gasteiger charge is 2.16. The Morgan fingerprint density at radius 1 is 1.80 bits per heavy atom. The molecule has 1 atom stereocenters. The van der Waals surface area contributed by atoms with Crippen molar-refractivity contribution in [3.63, 3.8) is 0 Å². The minimum atomic E-state index is -0.155. The summed E-state index contributed by atoms with van der Waals surface area (Å²) in [5, 5.41) is 8.94. The van der Waals surface area contributed by atoms with E-state index in [2.05, 4.69) is 6.58 Å². The predicted octanol–water partition coefficient (Wildman–Crippen LogP) is 1.59. The molecule has 0 heterocycles. The van der Waals surface area contributed by atoms with Gasteiger partial charge in [-0.1, -0.05) is 6.08 Å². The minimum absolute atomic E-state index is 0.101.